The van der Waals surface area contributed by atoms with Crippen molar-refractivity contribution in [1.82, 2.24) is 10.6 Å². The summed E-state index contributed by atoms with van der Waals surface area (Å²) in [5.74, 6) is 1.16. The molecule has 0 amide bonds. The minimum Gasteiger partial charge on any atom is -0.357 e. The van der Waals surface area contributed by atoms with Gasteiger partial charge in [-0.1, -0.05) is 18.2 Å². The normalized spacial score (nSPS) is 12.1. The van der Waals surface area contributed by atoms with Crippen LogP contribution in [0, 0.1) is 5.82 Å². The molecule has 0 atom stereocenters. The standard InChI is InChI=1S/C20H26FN3O2S2/c1-4-22-20(23-12-15-5-9-19(10-6-15)28(3,25)26)24-13-16-7-8-18(21)11-17(16)14-27-2/h5-11H,4,12-14H2,1-3H3,(H2,22,23,24). The van der Waals surface area contributed by atoms with Gasteiger partial charge in [0.25, 0.3) is 0 Å². The molecule has 0 aliphatic heterocycles. The van der Waals surface area contributed by atoms with E-state index in [2.05, 4.69) is 15.6 Å². The van der Waals surface area contributed by atoms with Crippen LogP contribution in [-0.4, -0.2) is 33.4 Å². The second-order valence-electron chi connectivity index (χ2n) is 6.31. The second kappa shape index (κ2) is 10.5. The van der Waals surface area contributed by atoms with Crippen LogP contribution in [0.5, 0.6) is 0 Å². The van der Waals surface area contributed by atoms with E-state index in [9.17, 15) is 12.8 Å². The Bertz CT molecular complexity index is 914. The minimum atomic E-state index is -3.20. The van der Waals surface area contributed by atoms with Crippen LogP contribution in [0.2, 0.25) is 0 Å². The van der Waals surface area contributed by atoms with E-state index in [1.54, 1.807) is 48.2 Å². The smallest absolute Gasteiger partial charge is 0.191 e. The van der Waals surface area contributed by atoms with Crippen molar-refractivity contribution >= 4 is 27.6 Å². The molecule has 0 saturated heterocycles. The van der Waals surface area contributed by atoms with E-state index < -0.39 is 9.84 Å². The number of guanidine groups is 1. The molecule has 0 saturated carbocycles. The molecular formula is C20H26FN3O2S2. The molecule has 0 aliphatic rings. The summed E-state index contributed by atoms with van der Waals surface area (Å²) in [5.41, 5.74) is 2.90. The lowest BCUT2D eigenvalue weighted by Gasteiger charge is -2.14. The highest BCUT2D eigenvalue weighted by atomic mass is 32.2. The molecule has 0 radical (unpaired) electrons. The van der Waals surface area contributed by atoms with Gasteiger partial charge in [0.15, 0.2) is 15.8 Å². The van der Waals surface area contributed by atoms with Gasteiger partial charge in [-0.2, -0.15) is 11.8 Å². The third kappa shape index (κ3) is 6.83. The highest BCUT2D eigenvalue weighted by Crippen LogP contribution is 2.16. The first-order chi connectivity index (χ1) is 13.3. The molecule has 0 unspecified atom stereocenters. The first kappa shape index (κ1) is 22.2. The number of aliphatic imine (C=N–C) groups is 1. The summed E-state index contributed by atoms with van der Waals surface area (Å²) >= 11 is 1.65. The highest BCUT2D eigenvalue weighted by molar-refractivity contribution is 7.97. The number of nitrogens with one attached hydrogen (secondary N) is 2. The number of nitrogens with zero attached hydrogens (tertiary/aromatic N) is 1. The molecule has 2 aromatic carbocycles. The van der Waals surface area contributed by atoms with Gasteiger partial charge in [-0.3, -0.25) is 0 Å². The van der Waals surface area contributed by atoms with E-state index in [0.717, 1.165) is 22.4 Å². The van der Waals surface area contributed by atoms with Crippen molar-refractivity contribution in [2.24, 2.45) is 4.99 Å². The lowest BCUT2D eigenvalue weighted by atomic mass is 10.1. The topological polar surface area (TPSA) is 70.6 Å². The molecule has 0 heterocycles. The average molecular weight is 424 g/mol. The monoisotopic (exact) mass is 423 g/mol. The van der Waals surface area contributed by atoms with Crippen molar-refractivity contribution in [1.29, 1.82) is 0 Å². The van der Waals surface area contributed by atoms with Gasteiger partial charge in [-0.25, -0.2) is 17.8 Å². The Hall–Kier alpha value is -2.06. The van der Waals surface area contributed by atoms with Crippen LogP contribution < -0.4 is 10.6 Å². The molecule has 8 heteroatoms. The van der Waals surface area contributed by atoms with Crippen LogP contribution in [0.3, 0.4) is 0 Å². The number of hydrogen-bond acceptors (Lipinski definition) is 4. The lowest BCUT2D eigenvalue weighted by Crippen LogP contribution is -2.37. The predicted molar refractivity (Wildman–Crippen MR) is 115 cm³/mol. The Balaban J connectivity index is 2.07. The molecule has 0 aliphatic carbocycles. The van der Waals surface area contributed by atoms with E-state index in [1.807, 2.05) is 13.2 Å². The SMILES string of the molecule is CCNC(=NCc1ccc(S(C)(=O)=O)cc1)NCc1ccc(F)cc1CSC. The molecule has 152 valence electrons. The van der Waals surface area contributed by atoms with Gasteiger partial charge < -0.3 is 10.6 Å². The van der Waals surface area contributed by atoms with Crippen LogP contribution in [0.25, 0.3) is 0 Å². The maximum atomic E-state index is 13.5. The minimum absolute atomic E-state index is 0.231. The van der Waals surface area contributed by atoms with Gasteiger partial charge in [0.05, 0.1) is 11.4 Å². The zero-order chi connectivity index (χ0) is 20.6. The Morgan fingerprint density at radius 1 is 1.11 bits per heavy atom. The van der Waals surface area contributed by atoms with Crippen molar-refractivity contribution < 1.29 is 12.8 Å². The Morgan fingerprint density at radius 2 is 1.82 bits per heavy atom. The molecule has 2 rings (SSSR count). The van der Waals surface area contributed by atoms with E-state index >= 15 is 0 Å². The molecular weight excluding hydrogens is 397 g/mol. The van der Waals surface area contributed by atoms with Crippen LogP contribution in [-0.2, 0) is 28.7 Å². The second-order valence-corrected chi connectivity index (χ2v) is 9.19. The quantitative estimate of drug-likeness (QED) is 0.503. The molecule has 5 nitrogen and oxygen atoms in total. The van der Waals surface area contributed by atoms with Gasteiger partial charge in [0.2, 0.25) is 0 Å². The van der Waals surface area contributed by atoms with Crippen molar-refractivity contribution in [3.63, 3.8) is 0 Å². The predicted octanol–water partition coefficient (Wildman–Crippen LogP) is 3.35. The van der Waals surface area contributed by atoms with Crippen molar-refractivity contribution in [3.8, 4) is 0 Å². The third-order valence-corrected chi connectivity index (χ3v) is 5.76. The van der Waals surface area contributed by atoms with Crippen LogP contribution >= 0.6 is 11.8 Å². The molecule has 0 fully saturated rings. The first-order valence-corrected chi connectivity index (χ1v) is 12.2. The van der Waals surface area contributed by atoms with Gasteiger partial charge >= 0.3 is 0 Å². The molecule has 2 N–H and O–H groups in total. The van der Waals surface area contributed by atoms with Crippen LogP contribution in [0.15, 0.2) is 52.4 Å². The zero-order valence-electron chi connectivity index (χ0n) is 16.3. The van der Waals surface area contributed by atoms with Gasteiger partial charge in [-0.15, -0.1) is 0 Å². The van der Waals surface area contributed by atoms with Gasteiger partial charge in [0.1, 0.15) is 5.82 Å². The van der Waals surface area contributed by atoms with Gasteiger partial charge in [0, 0.05) is 25.1 Å². The van der Waals surface area contributed by atoms with E-state index in [0.29, 0.717) is 30.5 Å². The number of hydrogen-bond donors (Lipinski definition) is 2. The van der Waals surface area contributed by atoms with E-state index in [-0.39, 0.29) is 5.82 Å². The summed E-state index contributed by atoms with van der Waals surface area (Å²) in [5, 5.41) is 6.46. The van der Waals surface area contributed by atoms with Crippen molar-refractivity contribution in [3.05, 3.63) is 65.0 Å². The third-order valence-electron chi connectivity index (χ3n) is 4.03. The average Bonchev–Trinajstić information content (AvgIpc) is 2.65. The Kier molecular flexibility index (Phi) is 8.32. The zero-order valence-corrected chi connectivity index (χ0v) is 18.0. The van der Waals surface area contributed by atoms with Gasteiger partial charge in [-0.05, 0) is 54.1 Å². The van der Waals surface area contributed by atoms with E-state index in [1.165, 1.54) is 12.3 Å². The number of halogens is 1. The summed E-state index contributed by atoms with van der Waals surface area (Å²) < 4.78 is 36.6. The fourth-order valence-electron chi connectivity index (χ4n) is 2.59. The van der Waals surface area contributed by atoms with Crippen molar-refractivity contribution in [2.45, 2.75) is 30.7 Å². The molecule has 0 bridgehead atoms. The fourth-order valence-corrected chi connectivity index (χ4v) is 3.80. The summed E-state index contributed by atoms with van der Waals surface area (Å²) in [6.07, 6.45) is 3.18. The summed E-state index contributed by atoms with van der Waals surface area (Å²) in [6, 6.07) is 11.5. The summed E-state index contributed by atoms with van der Waals surface area (Å²) in [6.45, 7) is 3.64. The number of sulfone groups is 1. The fraction of sp³-hybridized carbons (Fsp3) is 0.350. The molecule has 28 heavy (non-hydrogen) atoms. The molecule has 0 aromatic heterocycles. The highest BCUT2D eigenvalue weighted by Gasteiger charge is 2.07. The largest absolute Gasteiger partial charge is 0.357 e. The molecule has 2 aromatic rings. The number of rotatable bonds is 8. The first-order valence-electron chi connectivity index (χ1n) is 8.91. The number of benzene rings is 2. The summed E-state index contributed by atoms with van der Waals surface area (Å²) in [7, 11) is -3.20. The Morgan fingerprint density at radius 3 is 2.43 bits per heavy atom. The Labute approximate surface area is 170 Å². The lowest BCUT2D eigenvalue weighted by molar-refractivity contribution is 0.602. The van der Waals surface area contributed by atoms with Crippen LogP contribution in [0.1, 0.15) is 23.6 Å². The maximum absolute atomic E-state index is 13.5. The number of thioether (sulfide) groups is 1. The maximum Gasteiger partial charge on any atom is 0.191 e. The summed E-state index contributed by atoms with van der Waals surface area (Å²) in [4.78, 5) is 4.84. The van der Waals surface area contributed by atoms with Crippen molar-refractivity contribution in [2.75, 3.05) is 19.1 Å². The molecule has 0 spiro atoms. The van der Waals surface area contributed by atoms with Crippen LogP contribution in [0.4, 0.5) is 4.39 Å². The van der Waals surface area contributed by atoms with E-state index in [4.69, 9.17) is 0 Å².